The van der Waals surface area contributed by atoms with Gasteiger partial charge in [-0.05, 0) is 5.16 Å². The molecule has 0 aliphatic rings. The third-order valence-corrected chi connectivity index (χ3v) is 1.40. The first-order chi connectivity index (χ1) is 5.77. The molecule has 0 aliphatic carbocycles. The Labute approximate surface area is 70.0 Å². The summed E-state index contributed by atoms with van der Waals surface area (Å²) in [7, 11) is 1.80. The second-order valence-corrected chi connectivity index (χ2v) is 2.36. The molecule has 0 saturated carbocycles. The van der Waals surface area contributed by atoms with Gasteiger partial charge in [-0.2, -0.15) is 4.98 Å². The second-order valence-electron chi connectivity index (χ2n) is 2.36. The van der Waals surface area contributed by atoms with E-state index < -0.39 is 0 Å². The van der Waals surface area contributed by atoms with Gasteiger partial charge in [0, 0.05) is 20.1 Å². The van der Waals surface area contributed by atoms with Gasteiger partial charge >= 0.3 is 0 Å². The summed E-state index contributed by atoms with van der Waals surface area (Å²) in [4.78, 5) is 5.64. The molecule has 0 aromatic carbocycles. The quantitative estimate of drug-likeness (QED) is 0.603. The molecular formula is C6H12N4O2. The van der Waals surface area contributed by atoms with E-state index in [4.69, 9.17) is 10.8 Å². The molecule has 0 radical (unpaired) electrons. The first-order valence-electron chi connectivity index (χ1n) is 3.62. The van der Waals surface area contributed by atoms with Gasteiger partial charge in [0.05, 0.1) is 0 Å². The van der Waals surface area contributed by atoms with Gasteiger partial charge in [0.15, 0.2) is 0 Å². The molecule has 3 N–H and O–H groups in total. The summed E-state index contributed by atoms with van der Waals surface area (Å²) in [6.45, 7) is 0.952. The Morgan fingerprint density at radius 3 is 2.92 bits per heavy atom. The van der Waals surface area contributed by atoms with Crippen LogP contribution in [0.2, 0.25) is 0 Å². The summed E-state index contributed by atoms with van der Waals surface area (Å²) in [6.07, 6.45) is 0. The molecule has 12 heavy (non-hydrogen) atoms. The van der Waals surface area contributed by atoms with Crippen molar-refractivity contribution >= 4 is 5.95 Å². The van der Waals surface area contributed by atoms with Crippen molar-refractivity contribution in [2.24, 2.45) is 5.73 Å². The molecule has 68 valence electrons. The zero-order valence-corrected chi connectivity index (χ0v) is 6.90. The molecule has 1 heterocycles. The first-order valence-corrected chi connectivity index (χ1v) is 3.62. The van der Waals surface area contributed by atoms with Crippen LogP contribution in [0.3, 0.4) is 0 Å². The third kappa shape index (κ3) is 1.93. The maximum absolute atomic E-state index is 8.62. The minimum absolute atomic E-state index is 0.217. The molecule has 6 nitrogen and oxygen atoms in total. The fraction of sp³-hybridized carbons (Fsp3) is 0.667. The molecule has 1 aromatic rings. The number of aliphatic hydroxyl groups is 1. The monoisotopic (exact) mass is 172 g/mol. The van der Waals surface area contributed by atoms with E-state index in [0.29, 0.717) is 19.0 Å². The van der Waals surface area contributed by atoms with E-state index in [1.54, 1.807) is 11.9 Å². The highest BCUT2D eigenvalue weighted by Gasteiger charge is 2.08. The molecule has 6 heteroatoms. The highest BCUT2D eigenvalue weighted by Crippen LogP contribution is 2.05. The fourth-order valence-corrected chi connectivity index (χ4v) is 0.759. The van der Waals surface area contributed by atoms with Gasteiger partial charge in [-0.25, -0.2) is 0 Å². The predicted octanol–water partition coefficient (Wildman–Crippen LogP) is -1.04. The maximum Gasteiger partial charge on any atom is 0.265 e. The van der Waals surface area contributed by atoms with Crippen LogP contribution in [0.5, 0.6) is 0 Å². The molecule has 0 atom stereocenters. The van der Waals surface area contributed by atoms with Gasteiger partial charge in [0.2, 0.25) is 0 Å². The fourth-order valence-electron chi connectivity index (χ4n) is 0.759. The normalized spacial score (nSPS) is 10.2. The SMILES string of the molecule is CN(CCN)c1noc(CO)n1. The molecular weight excluding hydrogens is 160 g/mol. The van der Waals surface area contributed by atoms with E-state index in [1.807, 2.05) is 0 Å². The van der Waals surface area contributed by atoms with Crippen LogP contribution in [0.4, 0.5) is 5.95 Å². The molecule has 0 bridgehead atoms. The van der Waals surface area contributed by atoms with E-state index >= 15 is 0 Å². The number of nitrogens with zero attached hydrogens (tertiary/aromatic N) is 3. The van der Waals surface area contributed by atoms with E-state index in [-0.39, 0.29) is 12.5 Å². The van der Waals surface area contributed by atoms with Gasteiger partial charge < -0.3 is 20.3 Å². The van der Waals surface area contributed by atoms with Crippen LogP contribution < -0.4 is 10.6 Å². The van der Waals surface area contributed by atoms with E-state index in [0.717, 1.165) is 0 Å². The van der Waals surface area contributed by atoms with Crippen LogP contribution in [0.25, 0.3) is 0 Å². The van der Waals surface area contributed by atoms with E-state index in [2.05, 4.69) is 14.7 Å². The standard InChI is InChI=1S/C6H12N4O2/c1-10(3-2-7)6-8-5(4-11)12-9-6/h11H,2-4,7H2,1H3. The predicted molar refractivity (Wildman–Crippen MR) is 42.5 cm³/mol. The number of hydrogen-bond donors (Lipinski definition) is 2. The lowest BCUT2D eigenvalue weighted by atomic mass is 10.6. The van der Waals surface area contributed by atoms with Gasteiger partial charge in [0.1, 0.15) is 6.61 Å². The minimum Gasteiger partial charge on any atom is -0.387 e. The highest BCUT2D eigenvalue weighted by molar-refractivity contribution is 5.25. The molecule has 0 saturated heterocycles. The smallest absolute Gasteiger partial charge is 0.265 e. The van der Waals surface area contributed by atoms with Crippen LogP contribution in [0, 0.1) is 0 Å². The first kappa shape index (κ1) is 8.95. The molecule has 0 amide bonds. The van der Waals surface area contributed by atoms with Crippen molar-refractivity contribution in [3.8, 4) is 0 Å². The molecule has 0 unspecified atom stereocenters. The lowest BCUT2D eigenvalue weighted by molar-refractivity contribution is 0.222. The van der Waals surface area contributed by atoms with E-state index in [1.165, 1.54) is 0 Å². The Bertz CT molecular complexity index is 237. The lowest BCUT2D eigenvalue weighted by Gasteiger charge is -2.10. The molecule has 1 aromatic heterocycles. The van der Waals surface area contributed by atoms with Crippen molar-refractivity contribution in [3.63, 3.8) is 0 Å². The summed E-state index contributed by atoms with van der Waals surface area (Å²) < 4.78 is 4.69. The zero-order valence-electron chi connectivity index (χ0n) is 6.90. The highest BCUT2D eigenvalue weighted by atomic mass is 16.5. The molecule has 0 aliphatic heterocycles. The van der Waals surface area contributed by atoms with Crippen molar-refractivity contribution in [2.45, 2.75) is 6.61 Å². The Morgan fingerprint density at radius 2 is 2.42 bits per heavy atom. The third-order valence-electron chi connectivity index (χ3n) is 1.40. The average molecular weight is 172 g/mol. The van der Waals surface area contributed by atoms with Crippen LogP contribution in [0.1, 0.15) is 5.89 Å². The topological polar surface area (TPSA) is 88.4 Å². The van der Waals surface area contributed by atoms with Crippen LogP contribution >= 0.6 is 0 Å². The lowest BCUT2D eigenvalue weighted by Crippen LogP contribution is -2.25. The zero-order chi connectivity index (χ0) is 8.97. The molecule has 0 spiro atoms. The number of likely N-dealkylation sites (N-methyl/N-ethyl adjacent to an activating group) is 1. The van der Waals surface area contributed by atoms with Gasteiger partial charge in [0.25, 0.3) is 11.8 Å². The summed E-state index contributed by atoms with van der Waals surface area (Å²) in [5.41, 5.74) is 5.33. The van der Waals surface area contributed by atoms with Crippen LogP contribution in [0.15, 0.2) is 4.52 Å². The number of nitrogens with two attached hydrogens (primary N) is 1. The minimum atomic E-state index is -0.233. The van der Waals surface area contributed by atoms with Gasteiger partial charge in [-0.15, -0.1) is 0 Å². The van der Waals surface area contributed by atoms with Gasteiger partial charge in [-0.1, -0.05) is 0 Å². The van der Waals surface area contributed by atoms with Crippen molar-refractivity contribution < 1.29 is 9.63 Å². The Balaban J connectivity index is 2.61. The summed E-state index contributed by atoms with van der Waals surface area (Å²) >= 11 is 0. The Morgan fingerprint density at radius 1 is 1.67 bits per heavy atom. The molecule has 0 fully saturated rings. The number of rotatable bonds is 4. The summed E-state index contributed by atoms with van der Waals surface area (Å²) in [5.74, 6) is 0.665. The second kappa shape index (κ2) is 4.03. The number of aromatic nitrogens is 2. The maximum atomic E-state index is 8.62. The Hall–Kier alpha value is -1.14. The summed E-state index contributed by atoms with van der Waals surface area (Å²) in [5, 5.41) is 12.3. The van der Waals surface area contributed by atoms with Crippen LogP contribution in [-0.2, 0) is 6.61 Å². The number of anilines is 1. The average Bonchev–Trinajstić information content (AvgIpc) is 2.52. The number of aliphatic hydroxyl groups excluding tert-OH is 1. The van der Waals surface area contributed by atoms with Crippen LogP contribution in [-0.4, -0.2) is 35.4 Å². The number of hydrogen-bond acceptors (Lipinski definition) is 6. The van der Waals surface area contributed by atoms with Crippen molar-refractivity contribution in [3.05, 3.63) is 5.89 Å². The molecule has 1 rings (SSSR count). The Kier molecular flexibility index (Phi) is 3.01. The van der Waals surface area contributed by atoms with E-state index in [9.17, 15) is 0 Å². The van der Waals surface area contributed by atoms with Crippen molar-refractivity contribution in [1.82, 2.24) is 10.1 Å². The van der Waals surface area contributed by atoms with Gasteiger partial charge in [-0.3, -0.25) is 0 Å². The van der Waals surface area contributed by atoms with Crippen molar-refractivity contribution in [2.75, 3.05) is 25.0 Å². The largest absolute Gasteiger partial charge is 0.387 e. The van der Waals surface area contributed by atoms with Crippen molar-refractivity contribution in [1.29, 1.82) is 0 Å². The summed E-state index contributed by atoms with van der Waals surface area (Å²) in [6, 6.07) is 0.